The van der Waals surface area contributed by atoms with Gasteiger partial charge in [-0.3, -0.25) is 4.98 Å². The summed E-state index contributed by atoms with van der Waals surface area (Å²) in [7, 11) is 1.36. The zero-order valence-electron chi connectivity index (χ0n) is 11.4. The molecule has 104 valence electrons. The molecule has 0 radical (unpaired) electrons. The van der Waals surface area contributed by atoms with Crippen molar-refractivity contribution in [2.24, 2.45) is 5.92 Å². The van der Waals surface area contributed by atoms with E-state index in [1.807, 2.05) is 6.07 Å². The summed E-state index contributed by atoms with van der Waals surface area (Å²) in [5.41, 5.74) is 1.32. The number of aromatic nitrogens is 1. The van der Waals surface area contributed by atoms with Crippen molar-refractivity contribution in [2.75, 3.05) is 13.7 Å². The molecule has 0 atom stereocenters. The molecule has 0 N–H and O–H groups in total. The summed E-state index contributed by atoms with van der Waals surface area (Å²) in [6.45, 7) is 1.33. The van der Waals surface area contributed by atoms with Gasteiger partial charge in [0.15, 0.2) is 0 Å². The van der Waals surface area contributed by atoms with Crippen LogP contribution in [0.2, 0.25) is 0 Å². The molecule has 1 aromatic rings. The van der Waals surface area contributed by atoms with Crippen LogP contribution in [0.25, 0.3) is 0 Å². The molecule has 0 aromatic carbocycles. The van der Waals surface area contributed by atoms with E-state index in [9.17, 15) is 4.79 Å². The van der Waals surface area contributed by atoms with Gasteiger partial charge in [0.1, 0.15) is 0 Å². The van der Waals surface area contributed by atoms with Crippen molar-refractivity contribution in [1.82, 2.24) is 4.98 Å². The van der Waals surface area contributed by atoms with Gasteiger partial charge < -0.3 is 9.47 Å². The molecule has 1 fully saturated rings. The Balaban J connectivity index is 1.75. The molecule has 0 unspecified atom stereocenters. The van der Waals surface area contributed by atoms with E-state index in [0.29, 0.717) is 18.1 Å². The van der Waals surface area contributed by atoms with Gasteiger partial charge in [-0.1, -0.05) is 19.3 Å². The molecule has 1 aliphatic carbocycles. The maximum absolute atomic E-state index is 11.3. The third-order valence-corrected chi connectivity index (χ3v) is 3.57. The van der Waals surface area contributed by atoms with E-state index < -0.39 is 0 Å². The second-order valence-corrected chi connectivity index (χ2v) is 5.05. The first-order valence-electron chi connectivity index (χ1n) is 6.90. The number of ether oxygens (including phenoxy) is 2. The highest BCUT2D eigenvalue weighted by atomic mass is 16.5. The molecule has 1 saturated carbocycles. The molecular weight excluding hydrogens is 242 g/mol. The summed E-state index contributed by atoms with van der Waals surface area (Å²) in [6, 6.07) is 3.53. The van der Waals surface area contributed by atoms with Crippen molar-refractivity contribution in [3.8, 4) is 0 Å². The average molecular weight is 263 g/mol. The van der Waals surface area contributed by atoms with Crippen LogP contribution < -0.4 is 0 Å². The number of carbonyl (C=O) groups excluding carboxylic acids is 1. The molecule has 0 saturated heterocycles. The number of methoxy groups -OCH3 is 1. The van der Waals surface area contributed by atoms with E-state index in [2.05, 4.69) is 9.72 Å². The fourth-order valence-electron chi connectivity index (χ4n) is 2.43. The summed E-state index contributed by atoms with van der Waals surface area (Å²) in [6.07, 6.45) is 8.14. The highest BCUT2D eigenvalue weighted by Gasteiger charge is 2.13. The monoisotopic (exact) mass is 263 g/mol. The summed E-state index contributed by atoms with van der Waals surface area (Å²) < 4.78 is 10.3. The maximum Gasteiger partial charge on any atom is 0.339 e. The van der Waals surface area contributed by atoms with Gasteiger partial charge in [-0.25, -0.2) is 4.79 Å². The molecule has 4 nitrogen and oxygen atoms in total. The fourth-order valence-corrected chi connectivity index (χ4v) is 2.43. The molecule has 0 spiro atoms. The van der Waals surface area contributed by atoms with E-state index in [-0.39, 0.29) is 5.97 Å². The molecule has 2 rings (SSSR count). The van der Waals surface area contributed by atoms with E-state index in [1.54, 1.807) is 6.07 Å². The second kappa shape index (κ2) is 7.24. The third-order valence-electron chi connectivity index (χ3n) is 3.57. The van der Waals surface area contributed by atoms with Crippen molar-refractivity contribution in [3.63, 3.8) is 0 Å². The first-order valence-corrected chi connectivity index (χ1v) is 6.90. The second-order valence-electron chi connectivity index (χ2n) is 5.05. The highest BCUT2D eigenvalue weighted by Crippen LogP contribution is 2.23. The van der Waals surface area contributed by atoms with E-state index in [1.165, 1.54) is 45.4 Å². The van der Waals surface area contributed by atoms with Crippen LogP contribution >= 0.6 is 0 Å². The molecule has 0 amide bonds. The van der Waals surface area contributed by atoms with Gasteiger partial charge in [0.2, 0.25) is 0 Å². The van der Waals surface area contributed by atoms with Crippen LogP contribution in [0.4, 0.5) is 0 Å². The summed E-state index contributed by atoms with van der Waals surface area (Å²) in [5.74, 6) is 0.352. The normalized spacial score (nSPS) is 16.3. The van der Waals surface area contributed by atoms with Crippen molar-refractivity contribution in [1.29, 1.82) is 0 Å². The van der Waals surface area contributed by atoms with Crippen LogP contribution in [0.1, 0.15) is 48.2 Å². The Labute approximate surface area is 114 Å². The zero-order valence-corrected chi connectivity index (χ0v) is 11.4. The Morgan fingerprint density at radius 1 is 1.32 bits per heavy atom. The van der Waals surface area contributed by atoms with E-state index in [0.717, 1.165) is 12.3 Å². The number of pyridine rings is 1. The molecule has 0 bridgehead atoms. The van der Waals surface area contributed by atoms with Gasteiger partial charge in [-0.2, -0.15) is 0 Å². The van der Waals surface area contributed by atoms with Gasteiger partial charge in [0, 0.05) is 12.8 Å². The number of rotatable bonds is 5. The lowest BCUT2D eigenvalue weighted by molar-refractivity contribution is 0.0599. The molecule has 4 heteroatoms. The van der Waals surface area contributed by atoms with Gasteiger partial charge in [0.25, 0.3) is 0 Å². The Hall–Kier alpha value is -1.42. The molecule has 1 heterocycles. The van der Waals surface area contributed by atoms with Gasteiger partial charge in [0.05, 0.1) is 25.0 Å². The fraction of sp³-hybridized carbons (Fsp3) is 0.600. The standard InChI is InChI=1S/C15H21NO3/c1-18-15(17)13-7-8-14(16-9-13)11-19-10-12-5-3-2-4-6-12/h7-9,12H,2-6,10-11H2,1H3. The van der Waals surface area contributed by atoms with Crippen LogP contribution in [0, 0.1) is 5.92 Å². The number of nitrogens with zero attached hydrogens (tertiary/aromatic N) is 1. The van der Waals surface area contributed by atoms with Crippen LogP contribution in [0.3, 0.4) is 0 Å². The predicted molar refractivity (Wildman–Crippen MR) is 71.8 cm³/mol. The molecule has 19 heavy (non-hydrogen) atoms. The average Bonchev–Trinajstić information content (AvgIpc) is 2.48. The Kier molecular flexibility index (Phi) is 5.33. The minimum Gasteiger partial charge on any atom is -0.465 e. The van der Waals surface area contributed by atoms with Crippen LogP contribution in [-0.4, -0.2) is 24.7 Å². The number of hydrogen-bond acceptors (Lipinski definition) is 4. The van der Waals surface area contributed by atoms with Crippen LogP contribution in [0.15, 0.2) is 18.3 Å². The highest BCUT2D eigenvalue weighted by molar-refractivity contribution is 5.88. The minimum absolute atomic E-state index is 0.359. The van der Waals surface area contributed by atoms with Crippen molar-refractivity contribution in [3.05, 3.63) is 29.6 Å². The number of esters is 1. The van der Waals surface area contributed by atoms with Crippen molar-refractivity contribution >= 4 is 5.97 Å². The minimum atomic E-state index is -0.359. The molecule has 0 aliphatic heterocycles. The number of hydrogen-bond donors (Lipinski definition) is 0. The predicted octanol–water partition coefficient (Wildman–Crippen LogP) is 2.97. The van der Waals surface area contributed by atoms with E-state index in [4.69, 9.17) is 4.74 Å². The van der Waals surface area contributed by atoms with Crippen molar-refractivity contribution < 1.29 is 14.3 Å². The quantitative estimate of drug-likeness (QED) is 0.766. The molecule has 1 aromatic heterocycles. The Morgan fingerprint density at radius 3 is 2.74 bits per heavy atom. The third kappa shape index (κ3) is 4.31. The lowest BCUT2D eigenvalue weighted by atomic mass is 9.90. The lowest BCUT2D eigenvalue weighted by Gasteiger charge is -2.21. The van der Waals surface area contributed by atoms with Crippen LogP contribution in [0.5, 0.6) is 0 Å². The van der Waals surface area contributed by atoms with Gasteiger partial charge >= 0.3 is 5.97 Å². The molecule has 1 aliphatic rings. The number of carbonyl (C=O) groups is 1. The largest absolute Gasteiger partial charge is 0.465 e. The zero-order chi connectivity index (χ0) is 13.5. The maximum atomic E-state index is 11.3. The summed E-state index contributed by atoms with van der Waals surface area (Å²) in [4.78, 5) is 15.5. The first-order chi connectivity index (χ1) is 9.29. The van der Waals surface area contributed by atoms with Crippen LogP contribution in [-0.2, 0) is 16.1 Å². The van der Waals surface area contributed by atoms with Gasteiger partial charge in [-0.15, -0.1) is 0 Å². The summed E-state index contributed by atoms with van der Waals surface area (Å²) >= 11 is 0. The summed E-state index contributed by atoms with van der Waals surface area (Å²) in [5, 5.41) is 0. The molecular formula is C15H21NO3. The lowest BCUT2D eigenvalue weighted by Crippen LogP contribution is -2.13. The smallest absolute Gasteiger partial charge is 0.339 e. The Bertz CT molecular complexity index is 396. The Morgan fingerprint density at radius 2 is 2.11 bits per heavy atom. The topological polar surface area (TPSA) is 48.4 Å². The SMILES string of the molecule is COC(=O)c1ccc(COCC2CCCCC2)nc1. The van der Waals surface area contributed by atoms with Gasteiger partial charge in [-0.05, 0) is 30.9 Å². The first kappa shape index (κ1) is 14.0. The van der Waals surface area contributed by atoms with E-state index >= 15 is 0 Å². The van der Waals surface area contributed by atoms with Crippen molar-refractivity contribution in [2.45, 2.75) is 38.7 Å².